The van der Waals surface area contributed by atoms with E-state index in [0.29, 0.717) is 0 Å². The Morgan fingerprint density at radius 2 is 1.64 bits per heavy atom. The first-order chi connectivity index (χ1) is 6.61. The minimum atomic E-state index is -0.416. The minimum Gasteiger partial charge on any atom is -0.376 e. The molecule has 0 saturated heterocycles. The molecule has 0 spiro atoms. The molecule has 0 aromatic carbocycles. The summed E-state index contributed by atoms with van der Waals surface area (Å²) >= 11 is 1.52. The van der Waals surface area contributed by atoms with Gasteiger partial charge in [-0.15, -0.1) is 0 Å². The lowest BCUT2D eigenvalue weighted by atomic mass is 10.0. The van der Waals surface area contributed by atoms with Gasteiger partial charge in [0.05, 0.1) is 5.92 Å². The van der Waals surface area contributed by atoms with Crippen molar-refractivity contribution in [2.45, 2.75) is 33.6 Å². The van der Waals surface area contributed by atoms with E-state index in [9.17, 15) is 9.59 Å². The van der Waals surface area contributed by atoms with E-state index in [1.165, 1.54) is 6.92 Å². The van der Waals surface area contributed by atoms with E-state index in [1.807, 2.05) is 13.8 Å². The van der Waals surface area contributed by atoms with Crippen LogP contribution >= 0.6 is 22.1 Å². The second-order valence-electron chi connectivity index (χ2n) is 2.63. The molecule has 0 amide bonds. The number of rotatable bonds is 6. The van der Waals surface area contributed by atoms with Crippen molar-refractivity contribution in [1.29, 1.82) is 0 Å². The highest BCUT2D eigenvalue weighted by atomic mass is 33.1. The van der Waals surface area contributed by atoms with E-state index < -0.39 is 5.97 Å². The summed E-state index contributed by atoms with van der Waals surface area (Å²) in [5.41, 5.74) is 0. The monoisotopic (exact) mass is 238 g/mol. The summed E-state index contributed by atoms with van der Waals surface area (Å²) in [6.45, 7) is 5.15. The molecule has 0 aliphatic carbocycles. The van der Waals surface area contributed by atoms with Crippen molar-refractivity contribution in [3.63, 3.8) is 0 Å². The molecule has 0 aliphatic heterocycles. The summed E-state index contributed by atoms with van der Waals surface area (Å²) in [5.74, 6) is -0.749. The molecule has 82 valence electrons. The van der Waals surface area contributed by atoms with E-state index in [0.717, 1.165) is 35.0 Å². The molecule has 0 saturated carbocycles. The molecule has 0 bridgehead atoms. The second-order valence-corrected chi connectivity index (χ2v) is 4.05. The van der Waals surface area contributed by atoms with Crippen LogP contribution in [0.3, 0.4) is 0 Å². The van der Waals surface area contributed by atoms with Gasteiger partial charge in [0.2, 0.25) is 0 Å². The summed E-state index contributed by atoms with van der Waals surface area (Å²) in [6, 6.07) is 0. The fourth-order valence-electron chi connectivity index (χ4n) is 0.799. The number of carbonyl (C=O) groups excluding carboxylic acids is 2. The maximum absolute atomic E-state index is 11.3. The molecule has 0 unspecified atom stereocenters. The van der Waals surface area contributed by atoms with Crippen LogP contribution in [0.4, 0.5) is 0 Å². The molecule has 4 nitrogen and oxygen atoms in total. The lowest BCUT2D eigenvalue weighted by molar-refractivity contribution is -0.137. The lowest BCUT2D eigenvalue weighted by Gasteiger charge is -2.08. The fourth-order valence-corrected chi connectivity index (χ4v) is 1.81. The SMILES string of the molecule is CCC(CC)C(=O)OSSOC(C)=O. The van der Waals surface area contributed by atoms with Crippen LogP contribution in [0.15, 0.2) is 0 Å². The first-order valence-electron chi connectivity index (χ1n) is 4.34. The van der Waals surface area contributed by atoms with E-state index in [-0.39, 0.29) is 11.9 Å². The Morgan fingerprint density at radius 1 is 1.14 bits per heavy atom. The molecule has 6 heteroatoms. The predicted octanol–water partition coefficient (Wildman–Crippen LogP) is 2.74. The van der Waals surface area contributed by atoms with Gasteiger partial charge in [-0.2, -0.15) is 0 Å². The van der Waals surface area contributed by atoms with Crippen LogP contribution in [0.1, 0.15) is 33.6 Å². The maximum atomic E-state index is 11.3. The summed E-state index contributed by atoms with van der Waals surface area (Å²) in [7, 11) is 0. The summed E-state index contributed by atoms with van der Waals surface area (Å²) < 4.78 is 9.30. The Bertz CT molecular complexity index is 192. The van der Waals surface area contributed by atoms with Crippen LogP contribution in [-0.2, 0) is 18.0 Å². The van der Waals surface area contributed by atoms with Gasteiger partial charge in [0.25, 0.3) is 0 Å². The van der Waals surface area contributed by atoms with Crippen molar-refractivity contribution in [2.75, 3.05) is 0 Å². The molecule has 0 aromatic rings. The van der Waals surface area contributed by atoms with Gasteiger partial charge in [-0.3, -0.25) is 9.59 Å². The van der Waals surface area contributed by atoms with Crippen LogP contribution in [0.2, 0.25) is 0 Å². The Morgan fingerprint density at radius 3 is 2.07 bits per heavy atom. The third-order valence-corrected chi connectivity index (χ3v) is 2.78. The van der Waals surface area contributed by atoms with E-state index >= 15 is 0 Å². The largest absolute Gasteiger partial charge is 0.376 e. The molecule has 0 aliphatic rings. The van der Waals surface area contributed by atoms with Gasteiger partial charge in [0.15, 0.2) is 22.1 Å². The molecule has 0 fully saturated rings. The van der Waals surface area contributed by atoms with E-state index in [1.54, 1.807) is 0 Å². The van der Waals surface area contributed by atoms with Crippen LogP contribution in [0.5, 0.6) is 0 Å². The topological polar surface area (TPSA) is 52.6 Å². The highest BCUT2D eigenvalue weighted by Gasteiger charge is 2.16. The Labute approximate surface area is 91.9 Å². The first kappa shape index (κ1) is 13.6. The molecule has 0 radical (unpaired) electrons. The lowest BCUT2D eigenvalue weighted by Crippen LogP contribution is -2.12. The molecule has 0 aromatic heterocycles. The van der Waals surface area contributed by atoms with Gasteiger partial charge in [-0.25, -0.2) is 0 Å². The maximum Gasteiger partial charge on any atom is 0.321 e. The number of hydrogen-bond acceptors (Lipinski definition) is 6. The highest BCUT2D eigenvalue weighted by molar-refractivity contribution is 8.73. The Hall–Kier alpha value is -0.360. The molecular weight excluding hydrogens is 224 g/mol. The summed E-state index contributed by atoms with van der Waals surface area (Å²) in [5, 5.41) is 0. The predicted molar refractivity (Wildman–Crippen MR) is 57.1 cm³/mol. The van der Waals surface area contributed by atoms with Crippen molar-refractivity contribution in [3.05, 3.63) is 0 Å². The zero-order valence-electron chi connectivity index (χ0n) is 8.44. The van der Waals surface area contributed by atoms with Gasteiger partial charge in [0.1, 0.15) is 0 Å². The third kappa shape index (κ3) is 6.15. The average molecular weight is 238 g/mol. The molecule has 0 heterocycles. The Balaban J connectivity index is 3.57. The molecule has 14 heavy (non-hydrogen) atoms. The smallest absolute Gasteiger partial charge is 0.321 e. The Kier molecular flexibility index (Phi) is 7.78. The van der Waals surface area contributed by atoms with Crippen molar-refractivity contribution < 1.29 is 18.0 Å². The first-order valence-corrected chi connectivity index (χ1v) is 6.34. The van der Waals surface area contributed by atoms with Crippen molar-refractivity contribution in [2.24, 2.45) is 5.92 Å². The highest BCUT2D eigenvalue weighted by Crippen LogP contribution is 2.26. The van der Waals surface area contributed by atoms with Gasteiger partial charge >= 0.3 is 11.9 Å². The van der Waals surface area contributed by atoms with Gasteiger partial charge in [-0.1, -0.05) is 13.8 Å². The van der Waals surface area contributed by atoms with E-state index in [2.05, 4.69) is 4.18 Å². The quantitative estimate of drug-likeness (QED) is 0.403. The van der Waals surface area contributed by atoms with Crippen molar-refractivity contribution in [3.8, 4) is 0 Å². The molecule has 0 rings (SSSR count). The number of hydrogen-bond donors (Lipinski definition) is 0. The molecular formula is C8H14O4S2. The van der Waals surface area contributed by atoms with Crippen LogP contribution < -0.4 is 0 Å². The zero-order valence-corrected chi connectivity index (χ0v) is 10.1. The summed E-state index contributed by atoms with van der Waals surface area (Å²) in [4.78, 5) is 21.6. The van der Waals surface area contributed by atoms with E-state index in [4.69, 9.17) is 4.18 Å². The second kappa shape index (κ2) is 7.99. The summed E-state index contributed by atoms with van der Waals surface area (Å²) in [6.07, 6.45) is 1.52. The van der Waals surface area contributed by atoms with Crippen molar-refractivity contribution in [1.82, 2.24) is 0 Å². The van der Waals surface area contributed by atoms with Gasteiger partial charge in [-0.05, 0) is 12.8 Å². The van der Waals surface area contributed by atoms with Crippen molar-refractivity contribution >= 4 is 34.1 Å². The third-order valence-electron chi connectivity index (χ3n) is 1.61. The minimum absolute atomic E-state index is 0.0690. The van der Waals surface area contributed by atoms with Gasteiger partial charge in [0, 0.05) is 6.92 Å². The normalized spacial score (nSPS) is 10.0. The van der Waals surface area contributed by atoms with Crippen LogP contribution in [0.25, 0.3) is 0 Å². The number of carbonyl (C=O) groups is 2. The van der Waals surface area contributed by atoms with Gasteiger partial charge < -0.3 is 8.37 Å². The van der Waals surface area contributed by atoms with Crippen LogP contribution in [-0.4, -0.2) is 11.9 Å². The fraction of sp³-hybridized carbons (Fsp3) is 0.750. The molecule has 0 N–H and O–H groups in total. The average Bonchev–Trinajstić information content (AvgIpc) is 2.14. The molecule has 0 atom stereocenters. The zero-order chi connectivity index (χ0) is 11.0. The standard InChI is InChI=1S/C8H14O4S2/c1-4-7(5-2)8(10)12-14-13-11-6(3)9/h7H,4-5H2,1-3H3. The van der Waals surface area contributed by atoms with Crippen LogP contribution in [0, 0.1) is 5.92 Å².